The highest BCUT2D eigenvalue weighted by Crippen LogP contribution is 2.26. The predicted octanol–water partition coefficient (Wildman–Crippen LogP) is 4.58. The van der Waals surface area contributed by atoms with Crippen LogP contribution in [0.25, 0.3) is 0 Å². The lowest BCUT2D eigenvalue weighted by Crippen LogP contribution is -2.24. The highest BCUT2D eigenvalue weighted by Gasteiger charge is 2.15. The van der Waals surface area contributed by atoms with Crippen LogP contribution in [-0.4, -0.2) is 12.3 Å². The molecule has 1 unspecified atom stereocenters. The van der Waals surface area contributed by atoms with Crippen LogP contribution in [0.4, 0.5) is 4.39 Å². The highest BCUT2D eigenvalue weighted by atomic mass is 32.2. The first-order valence-electron chi connectivity index (χ1n) is 6.88. The summed E-state index contributed by atoms with van der Waals surface area (Å²) in [4.78, 5) is 1.21. The average molecular weight is 289 g/mol. The van der Waals surface area contributed by atoms with Gasteiger partial charge in [-0.2, -0.15) is 0 Å². The van der Waals surface area contributed by atoms with Gasteiger partial charge < -0.3 is 5.32 Å². The Kier molecular flexibility index (Phi) is 5.62. The van der Waals surface area contributed by atoms with E-state index in [1.807, 2.05) is 44.2 Å². The van der Waals surface area contributed by atoms with Crippen LogP contribution in [0.2, 0.25) is 0 Å². The lowest BCUT2D eigenvalue weighted by Gasteiger charge is -2.19. The zero-order valence-corrected chi connectivity index (χ0v) is 12.7. The van der Waals surface area contributed by atoms with Crippen LogP contribution in [0, 0.1) is 12.7 Å². The molecule has 1 nitrogen and oxygen atoms in total. The molecule has 106 valence electrons. The largest absolute Gasteiger partial charge is 0.309 e. The van der Waals surface area contributed by atoms with Crippen molar-refractivity contribution in [1.82, 2.24) is 5.32 Å². The monoisotopic (exact) mass is 289 g/mol. The van der Waals surface area contributed by atoms with Crippen LogP contribution >= 0.6 is 11.8 Å². The topological polar surface area (TPSA) is 12.0 Å². The fourth-order valence-electron chi connectivity index (χ4n) is 2.13. The highest BCUT2D eigenvalue weighted by molar-refractivity contribution is 7.99. The zero-order valence-electron chi connectivity index (χ0n) is 11.9. The van der Waals surface area contributed by atoms with Gasteiger partial charge in [0, 0.05) is 22.3 Å². The summed E-state index contributed by atoms with van der Waals surface area (Å²) >= 11 is 1.75. The number of hydrogen-bond acceptors (Lipinski definition) is 2. The standard InChI is InChI=1S/C17H20FNS/c1-3-19-17(12-20-14-7-5-4-6-8-14)15-11-13(2)9-10-16(15)18/h4-11,17,19H,3,12H2,1-2H3. The number of benzene rings is 2. The maximum Gasteiger partial charge on any atom is 0.128 e. The van der Waals surface area contributed by atoms with Crippen LogP contribution in [0.3, 0.4) is 0 Å². The molecule has 0 saturated heterocycles. The van der Waals surface area contributed by atoms with E-state index in [9.17, 15) is 4.39 Å². The van der Waals surface area contributed by atoms with E-state index in [0.717, 1.165) is 23.4 Å². The summed E-state index contributed by atoms with van der Waals surface area (Å²) in [5.74, 6) is 0.688. The summed E-state index contributed by atoms with van der Waals surface area (Å²) in [6, 6.07) is 15.6. The minimum atomic E-state index is -0.129. The Morgan fingerprint density at radius 3 is 2.60 bits per heavy atom. The van der Waals surface area contributed by atoms with E-state index in [-0.39, 0.29) is 11.9 Å². The Labute approximate surface area is 124 Å². The van der Waals surface area contributed by atoms with Crippen molar-refractivity contribution in [3.05, 3.63) is 65.5 Å². The molecule has 0 spiro atoms. The van der Waals surface area contributed by atoms with E-state index in [1.54, 1.807) is 17.8 Å². The lowest BCUT2D eigenvalue weighted by molar-refractivity contribution is 0.545. The number of hydrogen-bond donors (Lipinski definition) is 1. The van der Waals surface area contributed by atoms with Gasteiger partial charge in [-0.05, 0) is 31.7 Å². The molecule has 0 saturated carbocycles. The summed E-state index contributed by atoms with van der Waals surface area (Å²) in [5, 5.41) is 3.38. The van der Waals surface area contributed by atoms with Crippen molar-refractivity contribution in [2.24, 2.45) is 0 Å². The van der Waals surface area contributed by atoms with Crippen molar-refractivity contribution in [2.75, 3.05) is 12.3 Å². The molecule has 0 bridgehead atoms. The third-order valence-electron chi connectivity index (χ3n) is 3.14. The molecule has 0 aliphatic heterocycles. The molecule has 0 aromatic heterocycles. The van der Waals surface area contributed by atoms with Gasteiger partial charge in [-0.3, -0.25) is 0 Å². The van der Waals surface area contributed by atoms with Crippen LogP contribution in [0.15, 0.2) is 53.4 Å². The second-order valence-corrected chi connectivity index (χ2v) is 5.85. The summed E-state index contributed by atoms with van der Waals surface area (Å²) in [6.45, 7) is 4.87. The number of rotatable bonds is 6. The van der Waals surface area contributed by atoms with Crippen LogP contribution in [0.1, 0.15) is 24.1 Å². The predicted molar refractivity (Wildman–Crippen MR) is 84.7 cm³/mol. The van der Waals surface area contributed by atoms with Gasteiger partial charge in [0.2, 0.25) is 0 Å². The first-order valence-corrected chi connectivity index (χ1v) is 7.86. The lowest BCUT2D eigenvalue weighted by atomic mass is 10.0. The van der Waals surface area contributed by atoms with E-state index in [2.05, 4.69) is 17.4 Å². The average Bonchev–Trinajstić information content (AvgIpc) is 2.47. The van der Waals surface area contributed by atoms with Gasteiger partial charge in [0.05, 0.1) is 0 Å². The van der Waals surface area contributed by atoms with Gasteiger partial charge in [-0.1, -0.05) is 42.8 Å². The van der Waals surface area contributed by atoms with Crippen LogP contribution < -0.4 is 5.32 Å². The van der Waals surface area contributed by atoms with Gasteiger partial charge in [0.1, 0.15) is 5.82 Å². The molecule has 0 amide bonds. The molecule has 1 atom stereocenters. The molecule has 0 radical (unpaired) electrons. The molecule has 0 aliphatic carbocycles. The summed E-state index contributed by atoms with van der Waals surface area (Å²) in [5.41, 5.74) is 1.85. The van der Waals surface area contributed by atoms with Crippen molar-refractivity contribution >= 4 is 11.8 Å². The molecular formula is C17H20FNS. The first-order chi connectivity index (χ1) is 9.70. The normalized spacial score (nSPS) is 12.3. The molecule has 0 fully saturated rings. The van der Waals surface area contributed by atoms with Gasteiger partial charge >= 0.3 is 0 Å². The maximum atomic E-state index is 14.0. The molecule has 0 aliphatic rings. The molecule has 20 heavy (non-hydrogen) atoms. The Hall–Kier alpha value is -1.32. The molecule has 1 N–H and O–H groups in total. The summed E-state index contributed by atoms with van der Waals surface area (Å²) in [7, 11) is 0. The number of aryl methyl sites for hydroxylation is 1. The molecular weight excluding hydrogens is 269 g/mol. The molecule has 2 rings (SSSR count). The zero-order chi connectivity index (χ0) is 14.4. The smallest absolute Gasteiger partial charge is 0.128 e. The van der Waals surface area contributed by atoms with Crippen molar-refractivity contribution < 1.29 is 4.39 Å². The van der Waals surface area contributed by atoms with E-state index in [0.29, 0.717) is 0 Å². The molecule has 2 aromatic rings. The van der Waals surface area contributed by atoms with Crippen molar-refractivity contribution in [3.8, 4) is 0 Å². The first kappa shape index (κ1) is 15.1. The third-order valence-corrected chi connectivity index (χ3v) is 4.24. The third kappa shape index (κ3) is 4.09. The van der Waals surface area contributed by atoms with Crippen molar-refractivity contribution in [3.63, 3.8) is 0 Å². The van der Waals surface area contributed by atoms with Crippen molar-refractivity contribution in [2.45, 2.75) is 24.8 Å². The second-order valence-electron chi connectivity index (χ2n) is 4.76. The van der Waals surface area contributed by atoms with Gasteiger partial charge in [-0.25, -0.2) is 4.39 Å². The van der Waals surface area contributed by atoms with E-state index < -0.39 is 0 Å². The Morgan fingerprint density at radius 2 is 1.90 bits per heavy atom. The fraction of sp³-hybridized carbons (Fsp3) is 0.294. The number of halogens is 1. The molecule has 0 heterocycles. The van der Waals surface area contributed by atoms with E-state index >= 15 is 0 Å². The SMILES string of the molecule is CCNC(CSc1ccccc1)c1cc(C)ccc1F. The van der Waals surface area contributed by atoms with Gasteiger partial charge in [-0.15, -0.1) is 11.8 Å². The van der Waals surface area contributed by atoms with Gasteiger partial charge in [0.15, 0.2) is 0 Å². The minimum absolute atomic E-state index is 0.0325. The van der Waals surface area contributed by atoms with Crippen molar-refractivity contribution in [1.29, 1.82) is 0 Å². The molecule has 2 aromatic carbocycles. The quantitative estimate of drug-likeness (QED) is 0.781. The molecule has 3 heteroatoms. The van der Waals surface area contributed by atoms with E-state index in [1.165, 1.54) is 4.90 Å². The minimum Gasteiger partial charge on any atom is -0.309 e. The van der Waals surface area contributed by atoms with E-state index in [4.69, 9.17) is 0 Å². The summed E-state index contributed by atoms with van der Waals surface area (Å²) in [6.07, 6.45) is 0. The van der Waals surface area contributed by atoms with Crippen LogP contribution in [-0.2, 0) is 0 Å². The number of nitrogens with one attached hydrogen (secondary N) is 1. The van der Waals surface area contributed by atoms with Gasteiger partial charge in [0.25, 0.3) is 0 Å². The number of thioether (sulfide) groups is 1. The Bertz CT molecular complexity index is 542. The second kappa shape index (κ2) is 7.46. The fourth-order valence-corrected chi connectivity index (χ4v) is 3.14. The Morgan fingerprint density at radius 1 is 1.15 bits per heavy atom. The Balaban J connectivity index is 2.12. The summed E-state index contributed by atoms with van der Waals surface area (Å²) < 4.78 is 14.0. The maximum absolute atomic E-state index is 14.0. The van der Waals surface area contributed by atoms with Crippen LogP contribution in [0.5, 0.6) is 0 Å².